The molecular weight excluding hydrogens is 232 g/mol. The Morgan fingerprint density at radius 2 is 2.12 bits per heavy atom. The highest BCUT2D eigenvalue weighted by molar-refractivity contribution is 8.00. The first-order chi connectivity index (χ1) is 8.18. The number of hydrogen-bond donors (Lipinski definition) is 0. The summed E-state index contributed by atoms with van der Waals surface area (Å²) >= 11 is 1.66. The van der Waals surface area contributed by atoms with Gasteiger partial charge < -0.3 is 4.90 Å². The molecule has 1 atom stereocenters. The van der Waals surface area contributed by atoms with Crippen LogP contribution in [0.5, 0.6) is 0 Å². The Balaban J connectivity index is 2.04. The summed E-state index contributed by atoms with van der Waals surface area (Å²) < 4.78 is 0. The molecule has 1 aromatic heterocycles. The van der Waals surface area contributed by atoms with Gasteiger partial charge in [-0.3, -0.25) is 9.78 Å². The van der Waals surface area contributed by atoms with Crippen molar-refractivity contribution < 1.29 is 4.79 Å². The van der Waals surface area contributed by atoms with Crippen molar-refractivity contribution in [3.63, 3.8) is 0 Å². The third-order valence-corrected chi connectivity index (χ3v) is 4.24. The van der Waals surface area contributed by atoms with Crippen LogP contribution in [0.1, 0.15) is 26.7 Å². The monoisotopic (exact) mass is 250 g/mol. The van der Waals surface area contributed by atoms with Gasteiger partial charge in [0.2, 0.25) is 5.91 Å². The minimum Gasteiger partial charge on any atom is -0.339 e. The number of likely N-dealkylation sites (tertiary alicyclic amines) is 1. The highest BCUT2D eigenvalue weighted by atomic mass is 32.2. The van der Waals surface area contributed by atoms with Gasteiger partial charge in [0.25, 0.3) is 0 Å². The fourth-order valence-electron chi connectivity index (χ4n) is 2.07. The van der Waals surface area contributed by atoms with Gasteiger partial charge in [0.15, 0.2) is 0 Å². The van der Waals surface area contributed by atoms with E-state index in [1.54, 1.807) is 24.2 Å². The molecule has 4 heteroatoms. The molecule has 1 fully saturated rings. The highest BCUT2D eigenvalue weighted by Crippen LogP contribution is 2.30. The van der Waals surface area contributed by atoms with Crippen molar-refractivity contribution in [3.8, 4) is 0 Å². The number of thioether (sulfide) groups is 1. The molecule has 0 bridgehead atoms. The Morgan fingerprint density at radius 3 is 2.76 bits per heavy atom. The van der Waals surface area contributed by atoms with E-state index in [1.165, 1.54) is 0 Å². The second-order valence-corrected chi connectivity index (χ2v) is 5.83. The number of carbonyl (C=O) groups is 1. The number of aromatic nitrogens is 1. The molecule has 1 saturated heterocycles. The summed E-state index contributed by atoms with van der Waals surface area (Å²) in [5.41, 5.74) is 0. The maximum Gasteiger partial charge on any atom is 0.236 e. The Bertz CT molecular complexity index is 380. The Morgan fingerprint density at radius 1 is 1.41 bits per heavy atom. The topological polar surface area (TPSA) is 33.2 Å². The van der Waals surface area contributed by atoms with E-state index in [1.807, 2.05) is 17.0 Å². The van der Waals surface area contributed by atoms with Gasteiger partial charge in [-0.1, -0.05) is 0 Å². The molecule has 0 spiro atoms. The number of hydrogen-bond acceptors (Lipinski definition) is 3. The predicted molar refractivity (Wildman–Crippen MR) is 70.0 cm³/mol. The third kappa shape index (κ3) is 3.00. The first-order valence-electron chi connectivity index (χ1n) is 6.05. The van der Waals surface area contributed by atoms with E-state index in [9.17, 15) is 4.79 Å². The summed E-state index contributed by atoms with van der Waals surface area (Å²) in [6.07, 6.45) is 5.63. The summed E-state index contributed by atoms with van der Waals surface area (Å²) in [4.78, 5) is 19.4. The van der Waals surface area contributed by atoms with Crippen LogP contribution >= 0.6 is 11.8 Å². The van der Waals surface area contributed by atoms with Gasteiger partial charge >= 0.3 is 0 Å². The zero-order chi connectivity index (χ0) is 12.3. The third-order valence-electron chi connectivity index (χ3n) is 2.98. The lowest BCUT2D eigenvalue weighted by molar-refractivity contribution is -0.134. The van der Waals surface area contributed by atoms with Crippen molar-refractivity contribution >= 4 is 17.7 Å². The van der Waals surface area contributed by atoms with Crippen LogP contribution in [-0.4, -0.2) is 33.6 Å². The van der Waals surface area contributed by atoms with E-state index < -0.39 is 0 Å². The van der Waals surface area contributed by atoms with Crippen LogP contribution in [0, 0.1) is 0 Å². The standard InChI is InChI=1S/C13H18N2OS/c1-10(2)15-9-3-4-12(13(15)16)17-11-5-7-14-8-6-11/h5-8,10,12H,3-4,9H2,1-2H3. The number of rotatable bonds is 3. The van der Waals surface area contributed by atoms with Crippen molar-refractivity contribution in [1.82, 2.24) is 9.88 Å². The molecule has 0 radical (unpaired) electrons. The van der Waals surface area contributed by atoms with Crippen molar-refractivity contribution in [2.24, 2.45) is 0 Å². The lowest BCUT2D eigenvalue weighted by Gasteiger charge is -2.34. The molecule has 1 aliphatic rings. The van der Waals surface area contributed by atoms with Crippen molar-refractivity contribution in [2.75, 3.05) is 6.54 Å². The van der Waals surface area contributed by atoms with Gasteiger partial charge in [0, 0.05) is 29.9 Å². The average Bonchev–Trinajstić information content (AvgIpc) is 2.33. The fraction of sp³-hybridized carbons (Fsp3) is 0.538. The second kappa shape index (κ2) is 5.54. The molecule has 1 aliphatic heterocycles. The molecule has 92 valence electrons. The first kappa shape index (κ1) is 12.4. The Labute approximate surface area is 107 Å². The molecular formula is C13H18N2OS. The first-order valence-corrected chi connectivity index (χ1v) is 6.93. The second-order valence-electron chi connectivity index (χ2n) is 4.56. The van der Waals surface area contributed by atoms with Gasteiger partial charge in [-0.2, -0.15) is 0 Å². The number of nitrogens with zero attached hydrogens (tertiary/aromatic N) is 2. The van der Waals surface area contributed by atoms with Crippen molar-refractivity contribution in [3.05, 3.63) is 24.5 Å². The van der Waals surface area contributed by atoms with Crippen molar-refractivity contribution in [2.45, 2.75) is 42.9 Å². The summed E-state index contributed by atoms with van der Waals surface area (Å²) in [7, 11) is 0. The van der Waals surface area contributed by atoms with Crippen LogP contribution in [0.2, 0.25) is 0 Å². The molecule has 1 unspecified atom stereocenters. The van der Waals surface area contributed by atoms with Gasteiger partial charge in [-0.25, -0.2) is 0 Å². The lowest BCUT2D eigenvalue weighted by atomic mass is 10.1. The SMILES string of the molecule is CC(C)N1CCCC(Sc2ccncc2)C1=O. The van der Waals surface area contributed by atoms with Gasteiger partial charge in [-0.05, 0) is 38.8 Å². The quantitative estimate of drug-likeness (QED) is 0.826. The molecule has 0 aliphatic carbocycles. The number of amides is 1. The average molecular weight is 250 g/mol. The normalized spacial score (nSPS) is 21.0. The lowest BCUT2D eigenvalue weighted by Crippen LogP contribution is -2.46. The molecule has 0 N–H and O–H groups in total. The van der Waals surface area contributed by atoms with Gasteiger partial charge in [0.05, 0.1) is 5.25 Å². The molecule has 2 heterocycles. The Hall–Kier alpha value is -1.03. The number of piperidine rings is 1. The molecule has 0 aromatic carbocycles. The van der Waals surface area contributed by atoms with E-state index in [4.69, 9.17) is 0 Å². The van der Waals surface area contributed by atoms with Crippen LogP contribution < -0.4 is 0 Å². The summed E-state index contributed by atoms with van der Waals surface area (Å²) in [6.45, 7) is 5.07. The van der Waals surface area contributed by atoms with E-state index in [2.05, 4.69) is 18.8 Å². The maximum absolute atomic E-state index is 12.3. The summed E-state index contributed by atoms with van der Waals surface area (Å²) in [5.74, 6) is 0.285. The predicted octanol–water partition coefficient (Wildman–Crippen LogP) is 2.57. The molecule has 0 saturated carbocycles. The molecule has 2 rings (SSSR count). The fourth-order valence-corrected chi connectivity index (χ4v) is 3.20. The van der Waals surface area contributed by atoms with Crippen molar-refractivity contribution in [1.29, 1.82) is 0 Å². The van der Waals surface area contributed by atoms with Crippen LogP contribution in [-0.2, 0) is 4.79 Å². The summed E-state index contributed by atoms with van der Waals surface area (Å²) in [5, 5.41) is 0.0774. The van der Waals surface area contributed by atoms with Gasteiger partial charge in [-0.15, -0.1) is 11.8 Å². The van der Waals surface area contributed by atoms with E-state index in [-0.39, 0.29) is 11.2 Å². The molecule has 1 amide bonds. The molecule has 3 nitrogen and oxygen atoms in total. The Kier molecular flexibility index (Phi) is 4.05. The smallest absolute Gasteiger partial charge is 0.236 e. The van der Waals surface area contributed by atoms with E-state index in [0.29, 0.717) is 6.04 Å². The number of pyridine rings is 1. The zero-order valence-electron chi connectivity index (χ0n) is 10.3. The maximum atomic E-state index is 12.3. The minimum absolute atomic E-state index is 0.0774. The van der Waals surface area contributed by atoms with E-state index >= 15 is 0 Å². The number of carbonyl (C=O) groups excluding carboxylic acids is 1. The van der Waals surface area contributed by atoms with Gasteiger partial charge in [0.1, 0.15) is 0 Å². The van der Waals surface area contributed by atoms with E-state index in [0.717, 1.165) is 24.3 Å². The van der Waals surface area contributed by atoms with Crippen LogP contribution in [0.3, 0.4) is 0 Å². The van der Waals surface area contributed by atoms with Crippen LogP contribution in [0.15, 0.2) is 29.4 Å². The highest BCUT2D eigenvalue weighted by Gasteiger charge is 2.30. The minimum atomic E-state index is 0.0774. The van der Waals surface area contributed by atoms with Crippen LogP contribution in [0.4, 0.5) is 0 Å². The molecule has 17 heavy (non-hydrogen) atoms. The van der Waals surface area contributed by atoms with Crippen LogP contribution in [0.25, 0.3) is 0 Å². The zero-order valence-corrected chi connectivity index (χ0v) is 11.1. The summed E-state index contributed by atoms with van der Waals surface area (Å²) in [6, 6.07) is 4.24. The largest absolute Gasteiger partial charge is 0.339 e. The molecule has 1 aromatic rings.